The van der Waals surface area contributed by atoms with Gasteiger partial charge in [0, 0.05) is 35.4 Å². The molecule has 0 saturated carbocycles. The highest BCUT2D eigenvalue weighted by molar-refractivity contribution is 9.10. The van der Waals surface area contributed by atoms with Gasteiger partial charge in [0.15, 0.2) is 0 Å². The molecule has 0 amide bonds. The van der Waals surface area contributed by atoms with Gasteiger partial charge in [-0.05, 0) is 34.5 Å². The predicted molar refractivity (Wildman–Crippen MR) is 64.7 cm³/mol. The summed E-state index contributed by atoms with van der Waals surface area (Å²) < 4.78 is 6.12. The average Bonchev–Trinajstić information content (AvgIpc) is 2.22. The van der Waals surface area contributed by atoms with Crippen LogP contribution in [0.1, 0.15) is 19.0 Å². The van der Waals surface area contributed by atoms with Gasteiger partial charge >= 0.3 is 0 Å². The lowest BCUT2D eigenvalue weighted by molar-refractivity contribution is 0.129. The fourth-order valence-corrected chi connectivity index (χ4v) is 1.67. The number of hydrogen-bond acceptors (Lipinski definition) is 3. The van der Waals surface area contributed by atoms with Crippen molar-refractivity contribution in [2.24, 2.45) is 5.73 Å². The zero-order valence-corrected chi connectivity index (χ0v) is 10.8. The van der Waals surface area contributed by atoms with Crippen LogP contribution in [0.15, 0.2) is 22.8 Å². The number of nitrogens with two attached hydrogens (primary N) is 1. The fraction of sp³-hybridized carbons (Fsp3) is 0.545. The van der Waals surface area contributed by atoms with Crippen LogP contribution in [-0.4, -0.2) is 24.2 Å². The molecule has 0 aliphatic rings. The normalized spacial score (nSPS) is 14.9. The molecule has 1 aromatic heterocycles. The highest BCUT2D eigenvalue weighted by atomic mass is 79.9. The van der Waals surface area contributed by atoms with Crippen molar-refractivity contribution in [3.05, 3.63) is 28.5 Å². The number of halogens is 1. The molecule has 0 aliphatic heterocycles. The van der Waals surface area contributed by atoms with Crippen LogP contribution in [0.25, 0.3) is 0 Å². The molecule has 3 nitrogen and oxygen atoms in total. The summed E-state index contributed by atoms with van der Waals surface area (Å²) in [5.41, 5.74) is 6.89. The zero-order chi connectivity index (χ0) is 11.3. The van der Waals surface area contributed by atoms with Gasteiger partial charge in [-0.2, -0.15) is 0 Å². The maximum absolute atomic E-state index is 6.20. The van der Waals surface area contributed by atoms with E-state index in [-0.39, 0.29) is 5.54 Å². The Bertz CT molecular complexity index is 302. The maximum Gasteiger partial charge on any atom is 0.0646 e. The summed E-state index contributed by atoms with van der Waals surface area (Å²) in [7, 11) is 1.67. The summed E-state index contributed by atoms with van der Waals surface area (Å²) in [6.07, 6.45) is 3.40. The molecule has 4 heteroatoms. The van der Waals surface area contributed by atoms with Gasteiger partial charge in [-0.1, -0.05) is 6.92 Å². The first-order valence-corrected chi connectivity index (χ1v) is 5.77. The predicted octanol–water partition coefficient (Wildman–Crippen LogP) is 2.14. The van der Waals surface area contributed by atoms with E-state index >= 15 is 0 Å². The molecular formula is C11H17BrN2O. The zero-order valence-electron chi connectivity index (χ0n) is 9.16. The van der Waals surface area contributed by atoms with Crippen molar-refractivity contribution in [2.75, 3.05) is 13.7 Å². The molecule has 0 saturated heterocycles. The molecule has 1 heterocycles. The number of rotatable bonds is 5. The van der Waals surface area contributed by atoms with Crippen molar-refractivity contribution in [2.45, 2.75) is 25.3 Å². The summed E-state index contributed by atoms with van der Waals surface area (Å²) in [6, 6.07) is 3.96. The monoisotopic (exact) mass is 272 g/mol. The van der Waals surface area contributed by atoms with E-state index in [0.29, 0.717) is 6.61 Å². The molecule has 1 aromatic rings. The van der Waals surface area contributed by atoms with Crippen LogP contribution >= 0.6 is 15.9 Å². The number of aromatic nitrogens is 1. The van der Waals surface area contributed by atoms with Crippen molar-refractivity contribution in [3.63, 3.8) is 0 Å². The third-order valence-electron chi connectivity index (χ3n) is 2.46. The molecule has 0 aromatic carbocycles. The Morgan fingerprint density at radius 3 is 2.73 bits per heavy atom. The van der Waals surface area contributed by atoms with Gasteiger partial charge in [0.1, 0.15) is 0 Å². The minimum Gasteiger partial charge on any atom is -0.383 e. The average molecular weight is 273 g/mol. The summed E-state index contributed by atoms with van der Waals surface area (Å²) in [6.45, 7) is 2.62. The lowest BCUT2D eigenvalue weighted by atomic mass is 9.92. The van der Waals surface area contributed by atoms with Crippen LogP contribution in [0, 0.1) is 0 Å². The first-order valence-electron chi connectivity index (χ1n) is 4.98. The molecule has 1 rings (SSSR count). The summed E-state index contributed by atoms with van der Waals surface area (Å²) in [4.78, 5) is 4.31. The maximum atomic E-state index is 6.20. The standard InChI is InChI=1S/C11H17BrN2O/c1-3-11(13,8-15-2)6-10-5-4-9(12)7-14-10/h4-5,7H,3,6,8,13H2,1-2H3. The van der Waals surface area contributed by atoms with Crippen LogP contribution in [0.4, 0.5) is 0 Å². The fourth-order valence-electron chi connectivity index (χ4n) is 1.44. The van der Waals surface area contributed by atoms with Crippen molar-refractivity contribution < 1.29 is 4.74 Å². The van der Waals surface area contributed by atoms with Crippen molar-refractivity contribution in [3.8, 4) is 0 Å². The SMILES string of the molecule is CCC(N)(COC)Cc1ccc(Br)cn1. The van der Waals surface area contributed by atoms with Crippen LogP contribution in [-0.2, 0) is 11.2 Å². The van der Waals surface area contributed by atoms with E-state index in [2.05, 4.69) is 27.8 Å². The largest absolute Gasteiger partial charge is 0.383 e. The van der Waals surface area contributed by atoms with Crippen molar-refractivity contribution >= 4 is 15.9 Å². The van der Waals surface area contributed by atoms with Crippen LogP contribution < -0.4 is 5.73 Å². The molecule has 15 heavy (non-hydrogen) atoms. The Morgan fingerprint density at radius 1 is 1.53 bits per heavy atom. The molecule has 2 N–H and O–H groups in total. The number of pyridine rings is 1. The van der Waals surface area contributed by atoms with E-state index in [9.17, 15) is 0 Å². The minimum atomic E-state index is -0.310. The van der Waals surface area contributed by atoms with E-state index < -0.39 is 0 Å². The first-order chi connectivity index (χ1) is 7.09. The van der Waals surface area contributed by atoms with Gasteiger partial charge in [0.05, 0.1) is 6.61 Å². The Balaban J connectivity index is 2.70. The molecule has 1 unspecified atom stereocenters. The van der Waals surface area contributed by atoms with Gasteiger partial charge < -0.3 is 10.5 Å². The lowest BCUT2D eigenvalue weighted by Gasteiger charge is -2.26. The Morgan fingerprint density at radius 2 is 2.27 bits per heavy atom. The lowest BCUT2D eigenvalue weighted by Crippen LogP contribution is -2.46. The Labute approximate surface area is 99.2 Å². The van der Waals surface area contributed by atoms with Crippen LogP contribution in [0.3, 0.4) is 0 Å². The van der Waals surface area contributed by atoms with Crippen LogP contribution in [0.2, 0.25) is 0 Å². The topological polar surface area (TPSA) is 48.1 Å². The first kappa shape index (κ1) is 12.6. The molecule has 1 atom stereocenters. The highest BCUT2D eigenvalue weighted by Gasteiger charge is 2.23. The smallest absolute Gasteiger partial charge is 0.0646 e. The number of ether oxygens (including phenoxy) is 1. The molecule has 0 spiro atoms. The molecule has 0 radical (unpaired) electrons. The number of nitrogens with zero attached hydrogens (tertiary/aromatic N) is 1. The quantitative estimate of drug-likeness (QED) is 0.894. The van der Waals surface area contributed by atoms with Gasteiger partial charge in [0.25, 0.3) is 0 Å². The summed E-state index contributed by atoms with van der Waals surface area (Å²) in [5.74, 6) is 0. The van der Waals surface area contributed by atoms with Gasteiger partial charge in [-0.25, -0.2) is 0 Å². The van der Waals surface area contributed by atoms with Crippen LogP contribution in [0.5, 0.6) is 0 Å². The number of hydrogen-bond donors (Lipinski definition) is 1. The second kappa shape index (κ2) is 5.58. The minimum absolute atomic E-state index is 0.310. The van der Waals surface area contributed by atoms with Crippen molar-refractivity contribution in [1.29, 1.82) is 0 Å². The van der Waals surface area contributed by atoms with E-state index in [1.54, 1.807) is 13.3 Å². The van der Waals surface area contributed by atoms with E-state index in [1.807, 2.05) is 12.1 Å². The summed E-state index contributed by atoms with van der Waals surface area (Å²) in [5, 5.41) is 0. The molecule has 0 bridgehead atoms. The van der Waals surface area contributed by atoms with Gasteiger partial charge in [-0.3, -0.25) is 4.98 Å². The molecule has 84 valence electrons. The third kappa shape index (κ3) is 3.89. The third-order valence-corrected chi connectivity index (χ3v) is 2.93. The molecule has 0 aliphatic carbocycles. The Kier molecular flexibility index (Phi) is 4.70. The molecule has 0 fully saturated rings. The molecular weight excluding hydrogens is 256 g/mol. The van der Waals surface area contributed by atoms with E-state index in [0.717, 1.165) is 23.0 Å². The highest BCUT2D eigenvalue weighted by Crippen LogP contribution is 2.15. The summed E-state index contributed by atoms with van der Waals surface area (Å²) >= 11 is 3.35. The van der Waals surface area contributed by atoms with Crippen molar-refractivity contribution in [1.82, 2.24) is 4.98 Å². The van der Waals surface area contributed by atoms with E-state index in [1.165, 1.54) is 0 Å². The Hall–Kier alpha value is -0.450. The van der Waals surface area contributed by atoms with Gasteiger partial charge in [-0.15, -0.1) is 0 Å². The second-order valence-electron chi connectivity index (χ2n) is 3.79. The van der Waals surface area contributed by atoms with Gasteiger partial charge in [0.2, 0.25) is 0 Å². The second-order valence-corrected chi connectivity index (χ2v) is 4.71. The number of methoxy groups -OCH3 is 1. The van der Waals surface area contributed by atoms with E-state index in [4.69, 9.17) is 10.5 Å².